The first kappa shape index (κ1) is 26.8. The summed E-state index contributed by atoms with van der Waals surface area (Å²) in [4.78, 5) is 27.1. The van der Waals surface area contributed by atoms with Gasteiger partial charge >= 0.3 is 6.01 Å². The van der Waals surface area contributed by atoms with E-state index >= 15 is 0 Å². The first-order valence-corrected chi connectivity index (χ1v) is 13.2. The number of aromatic nitrogens is 4. The number of aryl methyl sites for hydroxylation is 1. The number of hydrogen-bond acceptors (Lipinski definition) is 8. The number of rotatable bonds is 8. The molecule has 0 spiro atoms. The van der Waals surface area contributed by atoms with Crippen molar-refractivity contribution in [3.63, 3.8) is 0 Å². The summed E-state index contributed by atoms with van der Waals surface area (Å²) in [7, 11) is 5.74. The second-order valence-corrected chi connectivity index (χ2v) is 10.6. The van der Waals surface area contributed by atoms with Gasteiger partial charge in [0.15, 0.2) is 5.82 Å². The number of carbonyl (C=O) groups excluding carboxylic acids is 1. The van der Waals surface area contributed by atoms with E-state index in [1.54, 1.807) is 36.3 Å². The first-order valence-electron chi connectivity index (χ1n) is 13.2. The molecular formula is C28H35FN8O2. The van der Waals surface area contributed by atoms with Gasteiger partial charge in [0.1, 0.15) is 5.52 Å². The highest BCUT2D eigenvalue weighted by atomic mass is 19.1. The van der Waals surface area contributed by atoms with Crippen molar-refractivity contribution in [1.82, 2.24) is 30.0 Å². The third kappa shape index (κ3) is 5.94. The second-order valence-electron chi connectivity index (χ2n) is 10.6. The van der Waals surface area contributed by atoms with Gasteiger partial charge in [-0.3, -0.25) is 9.48 Å². The minimum atomic E-state index is -0.499. The van der Waals surface area contributed by atoms with Gasteiger partial charge in [0.05, 0.1) is 17.7 Å². The second kappa shape index (κ2) is 11.1. The molecule has 4 aromatic rings. The van der Waals surface area contributed by atoms with Gasteiger partial charge in [-0.05, 0) is 58.6 Å². The summed E-state index contributed by atoms with van der Waals surface area (Å²) in [5.41, 5.74) is 2.41. The van der Waals surface area contributed by atoms with Crippen molar-refractivity contribution in [1.29, 1.82) is 0 Å². The highest BCUT2D eigenvalue weighted by molar-refractivity contribution is 6.14. The van der Waals surface area contributed by atoms with Crippen LogP contribution in [0.25, 0.3) is 21.8 Å². The minimum absolute atomic E-state index is 0.220. The Hall–Kier alpha value is -3.83. The van der Waals surface area contributed by atoms with Crippen LogP contribution in [0.1, 0.15) is 30.6 Å². The molecule has 1 aliphatic rings. The SMILES string of the molecule is CC1CN(c2ccc(C(=O)Nc3cc(F)c4nn(C)cc4c3)c3nc(OCCCN(C)C)ncc23)CC(C)N1. The van der Waals surface area contributed by atoms with Crippen LogP contribution in [0.5, 0.6) is 6.01 Å². The Labute approximate surface area is 227 Å². The Balaban J connectivity index is 1.49. The Kier molecular flexibility index (Phi) is 7.62. The Morgan fingerprint density at radius 1 is 1.21 bits per heavy atom. The molecule has 2 unspecified atom stereocenters. The average molecular weight is 535 g/mol. The van der Waals surface area contributed by atoms with Crippen LogP contribution in [-0.2, 0) is 7.05 Å². The van der Waals surface area contributed by atoms with Gasteiger partial charge in [-0.2, -0.15) is 10.1 Å². The summed E-state index contributed by atoms with van der Waals surface area (Å²) in [5.74, 6) is -0.894. The fraction of sp³-hybridized carbons (Fsp3) is 0.429. The maximum absolute atomic E-state index is 14.7. The van der Waals surface area contributed by atoms with Crippen LogP contribution >= 0.6 is 0 Å². The van der Waals surface area contributed by atoms with E-state index < -0.39 is 11.7 Å². The predicted octanol–water partition coefficient (Wildman–Crippen LogP) is 3.43. The van der Waals surface area contributed by atoms with E-state index in [0.29, 0.717) is 40.8 Å². The molecule has 2 aromatic heterocycles. The Morgan fingerprint density at radius 2 is 1.97 bits per heavy atom. The van der Waals surface area contributed by atoms with Gasteiger partial charge < -0.3 is 25.2 Å². The van der Waals surface area contributed by atoms with Crippen molar-refractivity contribution >= 4 is 39.1 Å². The molecule has 0 saturated carbocycles. The third-order valence-corrected chi connectivity index (χ3v) is 6.76. The van der Waals surface area contributed by atoms with Crippen molar-refractivity contribution in [2.75, 3.05) is 50.6 Å². The van der Waals surface area contributed by atoms with Gasteiger partial charge in [-0.25, -0.2) is 9.37 Å². The van der Waals surface area contributed by atoms with Gasteiger partial charge in [0.25, 0.3) is 5.91 Å². The molecule has 0 bridgehead atoms. The zero-order valence-electron chi connectivity index (χ0n) is 23.0. The van der Waals surface area contributed by atoms with Crippen LogP contribution in [0.15, 0.2) is 36.7 Å². The molecule has 1 aliphatic heterocycles. The summed E-state index contributed by atoms with van der Waals surface area (Å²) in [5, 5.41) is 11.9. The van der Waals surface area contributed by atoms with E-state index in [0.717, 1.165) is 37.1 Å². The number of anilines is 2. The number of fused-ring (bicyclic) bond motifs is 2. The number of halogens is 1. The predicted molar refractivity (Wildman–Crippen MR) is 151 cm³/mol. The van der Waals surface area contributed by atoms with Crippen LogP contribution < -0.4 is 20.3 Å². The molecule has 2 N–H and O–H groups in total. The number of carbonyl (C=O) groups is 1. The molecule has 0 aliphatic carbocycles. The number of nitrogens with one attached hydrogen (secondary N) is 2. The number of amides is 1. The summed E-state index contributed by atoms with van der Waals surface area (Å²) in [6.45, 7) is 7.28. The topological polar surface area (TPSA) is 100 Å². The molecule has 10 nitrogen and oxygen atoms in total. The monoisotopic (exact) mass is 534 g/mol. The first-order chi connectivity index (χ1) is 18.7. The van der Waals surface area contributed by atoms with E-state index in [1.165, 1.54) is 6.07 Å². The summed E-state index contributed by atoms with van der Waals surface area (Å²) < 4.78 is 22.0. The largest absolute Gasteiger partial charge is 0.463 e. The lowest BCUT2D eigenvalue weighted by molar-refractivity contribution is 0.102. The summed E-state index contributed by atoms with van der Waals surface area (Å²) in [6.07, 6.45) is 4.26. The van der Waals surface area contributed by atoms with E-state index in [9.17, 15) is 9.18 Å². The van der Waals surface area contributed by atoms with E-state index in [-0.39, 0.29) is 11.5 Å². The van der Waals surface area contributed by atoms with Crippen LogP contribution in [0.3, 0.4) is 0 Å². The van der Waals surface area contributed by atoms with Crippen molar-refractivity contribution < 1.29 is 13.9 Å². The van der Waals surface area contributed by atoms with Gasteiger partial charge in [0, 0.05) is 73.3 Å². The zero-order valence-corrected chi connectivity index (χ0v) is 23.0. The standard InChI is InChI=1S/C28H35FN8O2/c1-17-14-37(15-18(2)31-17)24-8-7-21(26-22(24)13-30-28(33-26)39-10-6-9-35(3)4)27(38)32-20-11-19-16-36(5)34-25(19)23(29)12-20/h7-8,11-13,16-18,31H,6,9-10,14-15H2,1-5H3,(H,32,38). The van der Waals surface area contributed by atoms with Crippen molar-refractivity contribution in [3.05, 3.63) is 48.0 Å². The maximum Gasteiger partial charge on any atom is 0.316 e. The van der Waals surface area contributed by atoms with Gasteiger partial charge in [0.2, 0.25) is 0 Å². The maximum atomic E-state index is 14.7. The quantitative estimate of drug-likeness (QED) is 0.332. The van der Waals surface area contributed by atoms with Crippen LogP contribution in [-0.4, -0.2) is 83.0 Å². The molecule has 2 atom stereocenters. The lowest BCUT2D eigenvalue weighted by Gasteiger charge is -2.38. The molecule has 1 saturated heterocycles. The number of piperazine rings is 1. The number of benzene rings is 2. The molecule has 39 heavy (non-hydrogen) atoms. The molecule has 1 fully saturated rings. The van der Waals surface area contributed by atoms with Crippen molar-refractivity contribution in [3.8, 4) is 6.01 Å². The fourth-order valence-corrected chi connectivity index (χ4v) is 5.17. The fourth-order valence-electron chi connectivity index (χ4n) is 5.17. The molecule has 1 amide bonds. The van der Waals surface area contributed by atoms with Gasteiger partial charge in [-0.1, -0.05) is 0 Å². The molecule has 5 rings (SSSR count). The molecule has 11 heteroatoms. The molecular weight excluding hydrogens is 499 g/mol. The Morgan fingerprint density at radius 3 is 2.72 bits per heavy atom. The molecule has 2 aromatic carbocycles. The lowest BCUT2D eigenvalue weighted by Crippen LogP contribution is -2.54. The molecule has 3 heterocycles. The van der Waals surface area contributed by atoms with Crippen molar-refractivity contribution in [2.45, 2.75) is 32.4 Å². The van der Waals surface area contributed by atoms with Crippen molar-refractivity contribution in [2.24, 2.45) is 7.05 Å². The van der Waals surface area contributed by atoms with E-state index in [2.05, 4.69) is 49.3 Å². The molecule has 0 radical (unpaired) electrons. The number of nitrogens with zero attached hydrogens (tertiary/aromatic N) is 6. The smallest absolute Gasteiger partial charge is 0.316 e. The van der Waals surface area contributed by atoms with Gasteiger partial charge in [-0.15, -0.1) is 0 Å². The Bertz CT molecular complexity index is 1490. The van der Waals surface area contributed by atoms with E-state index in [4.69, 9.17) is 4.74 Å². The van der Waals surface area contributed by atoms with E-state index in [1.807, 2.05) is 20.2 Å². The molecule has 206 valence electrons. The third-order valence-electron chi connectivity index (χ3n) is 6.76. The minimum Gasteiger partial charge on any atom is -0.463 e. The average Bonchev–Trinajstić information content (AvgIpc) is 3.25. The number of ether oxygens (including phenoxy) is 1. The normalized spacial score (nSPS) is 17.8. The highest BCUT2D eigenvalue weighted by Gasteiger charge is 2.25. The summed E-state index contributed by atoms with van der Waals surface area (Å²) >= 11 is 0. The van der Waals surface area contributed by atoms with Crippen LogP contribution in [0.2, 0.25) is 0 Å². The van der Waals surface area contributed by atoms with Crippen LogP contribution in [0, 0.1) is 5.82 Å². The number of hydrogen-bond donors (Lipinski definition) is 2. The lowest BCUT2D eigenvalue weighted by atomic mass is 10.0. The van der Waals surface area contributed by atoms with Crippen LogP contribution in [0.4, 0.5) is 15.8 Å². The zero-order chi connectivity index (χ0) is 27.7. The highest BCUT2D eigenvalue weighted by Crippen LogP contribution is 2.31. The summed E-state index contributed by atoms with van der Waals surface area (Å²) in [6, 6.07) is 7.53.